The van der Waals surface area contributed by atoms with Gasteiger partial charge in [0.2, 0.25) is 0 Å². The normalized spacial score (nSPS) is 14.4. The van der Waals surface area contributed by atoms with Crippen LogP contribution in [0.5, 0.6) is 0 Å². The third-order valence-electron chi connectivity index (χ3n) is 3.11. The maximum atomic E-state index is 12.2. The van der Waals surface area contributed by atoms with Crippen LogP contribution in [-0.4, -0.2) is 49.2 Å². The van der Waals surface area contributed by atoms with Gasteiger partial charge in [-0.25, -0.2) is 0 Å². The van der Waals surface area contributed by atoms with Crippen molar-refractivity contribution in [3.63, 3.8) is 0 Å². The first-order valence-corrected chi connectivity index (χ1v) is 7.68. The standard InChI is InChI=1S/C15H32N2O2/c1-6-10-16-15(5,14(18)19-9-4)13-17(11-7-2)12-8-3/h16H,6-13H2,1-5H3. The van der Waals surface area contributed by atoms with Gasteiger partial charge in [0.25, 0.3) is 0 Å². The van der Waals surface area contributed by atoms with Gasteiger partial charge in [-0.3, -0.25) is 4.79 Å². The Labute approximate surface area is 118 Å². The lowest BCUT2D eigenvalue weighted by atomic mass is 10.0. The fourth-order valence-corrected chi connectivity index (χ4v) is 2.23. The molecule has 0 aliphatic heterocycles. The van der Waals surface area contributed by atoms with Gasteiger partial charge in [-0.1, -0.05) is 20.8 Å². The molecule has 19 heavy (non-hydrogen) atoms. The van der Waals surface area contributed by atoms with Crippen molar-refractivity contribution in [2.75, 3.05) is 32.8 Å². The summed E-state index contributed by atoms with van der Waals surface area (Å²) in [7, 11) is 0. The average molecular weight is 272 g/mol. The largest absolute Gasteiger partial charge is 0.465 e. The number of esters is 1. The van der Waals surface area contributed by atoms with Gasteiger partial charge in [0, 0.05) is 6.54 Å². The summed E-state index contributed by atoms with van der Waals surface area (Å²) in [6.07, 6.45) is 3.22. The van der Waals surface area contributed by atoms with Gasteiger partial charge >= 0.3 is 5.97 Å². The van der Waals surface area contributed by atoms with Crippen LogP contribution in [-0.2, 0) is 9.53 Å². The zero-order chi connectivity index (χ0) is 14.7. The minimum atomic E-state index is -0.601. The maximum absolute atomic E-state index is 12.2. The number of carbonyl (C=O) groups excluding carboxylic acids is 1. The van der Waals surface area contributed by atoms with Crippen LogP contribution >= 0.6 is 0 Å². The minimum Gasteiger partial charge on any atom is -0.465 e. The summed E-state index contributed by atoms with van der Waals surface area (Å²) in [5.41, 5.74) is -0.601. The number of hydrogen-bond acceptors (Lipinski definition) is 4. The van der Waals surface area contributed by atoms with Crippen LogP contribution in [0.25, 0.3) is 0 Å². The van der Waals surface area contributed by atoms with Crippen molar-refractivity contribution in [2.45, 2.75) is 59.4 Å². The van der Waals surface area contributed by atoms with Gasteiger partial charge in [0.15, 0.2) is 0 Å². The first-order chi connectivity index (χ1) is 9.03. The molecule has 0 aromatic rings. The molecule has 0 amide bonds. The lowest BCUT2D eigenvalue weighted by Gasteiger charge is -2.34. The highest BCUT2D eigenvalue weighted by molar-refractivity contribution is 5.80. The highest BCUT2D eigenvalue weighted by Gasteiger charge is 2.35. The predicted octanol–water partition coefficient (Wildman–Crippen LogP) is 2.43. The van der Waals surface area contributed by atoms with E-state index in [4.69, 9.17) is 4.74 Å². The number of nitrogens with one attached hydrogen (secondary N) is 1. The number of hydrogen-bond donors (Lipinski definition) is 1. The van der Waals surface area contributed by atoms with Gasteiger partial charge in [-0.15, -0.1) is 0 Å². The van der Waals surface area contributed by atoms with Crippen molar-refractivity contribution in [2.24, 2.45) is 0 Å². The number of ether oxygens (including phenoxy) is 1. The van der Waals surface area contributed by atoms with Crippen LogP contribution in [0.3, 0.4) is 0 Å². The number of nitrogens with zero attached hydrogens (tertiary/aromatic N) is 1. The summed E-state index contributed by atoms with van der Waals surface area (Å²) in [6, 6.07) is 0. The molecule has 0 aromatic heterocycles. The Morgan fingerprint density at radius 1 is 1.11 bits per heavy atom. The van der Waals surface area contributed by atoms with Crippen LogP contribution in [0.1, 0.15) is 53.9 Å². The molecular formula is C15H32N2O2. The van der Waals surface area contributed by atoms with Gasteiger partial charge in [-0.05, 0) is 52.7 Å². The molecule has 0 aliphatic rings. The fourth-order valence-electron chi connectivity index (χ4n) is 2.23. The summed E-state index contributed by atoms with van der Waals surface area (Å²) < 4.78 is 5.23. The Hall–Kier alpha value is -0.610. The van der Waals surface area contributed by atoms with E-state index in [2.05, 4.69) is 31.0 Å². The Morgan fingerprint density at radius 3 is 2.11 bits per heavy atom. The molecule has 0 aromatic carbocycles. The molecule has 0 radical (unpaired) electrons. The van der Waals surface area contributed by atoms with Gasteiger partial charge in [0.05, 0.1) is 6.61 Å². The molecule has 0 spiro atoms. The van der Waals surface area contributed by atoms with Crippen molar-refractivity contribution in [3.8, 4) is 0 Å². The Kier molecular flexibility index (Phi) is 9.88. The monoisotopic (exact) mass is 272 g/mol. The molecule has 114 valence electrons. The molecule has 0 aliphatic carbocycles. The Bertz CT molecular complexity index is 240. The van der Waals surface area contributed by atoms with E-state index in [9.17, 15) is 4.79 Å². The molecule has 0 bridgehead atoms. The molecule has 1 unspecified atom stereocenters. The number of carbonyl (C=O) groups is 1. The summed E-state index contributed by atoms with van der Waals surface area (Å²) in [4.78, 5) is 14.6. The topological polar surface area (TPSA) is 41.6 Å². The molecule has 0 saturated carbocycles. The molecule has 1 atom stereocenters. The van der Waals surface area contributed by atoms with E-state index in [-0.39, 0.29) is 5.97 Å². The second-order valence-corrected chi connectivity index (χ2v) is 5.26. The summed E-state index contributed by atoms with van der Waals surface area (Å²) in [6.45, 7) is 14.3. The zero-order valence-corrected chi connectivity index (χ0v) is 13.4. The van der Waals surface area contributed by atoms with Crippen molar-refractivity contribution < 1.29 is 9.53 Å². The molecular weight excluding hydrogens is 240 g/mol. The second kappa shape index (κ2) is 10.2. The quantitative estimate of drug-likeness (QED) is 0.587. The highest BCUT2D eigenvalue weighted by atomic mass is 16.5. The predicted molar refractivity (Wildman–Crippen MR) is 80.4 cm³/mol. The van der Waals surface area contributed by atoms with Gasteiger partial charge < -0.3 is 15.0 Å². The highest BCUT2D eigenvalue weighted by Crippen LogP contribution is 2.11. The van der Waals surface area contributed by atoms with E-state index in [0.29, 0.717) is 13.2 Å². The number of rotatable bonds is 11. The Balaban J connectivity index is 4.74. The van der Waals surface area contributed by atoms with Crippen molar-refractivity contribution in [1.82, 2.24) is 10.2 Å². The van der Waals surface area contributed by atoms with Gasteiger partial charge in [-0.2, -0.15) is 0 Å². The third-order valence-corrected chi connectivity index (χ3v) is 3.11. The molecule has 0 rings (SSSR count). The molecule has 0 fully saturated rings. The molecule has 4 nitrogen and oxygen atoms in total. The molecule has 0 heterocycles. The maximum Gasteiger partial charge on any atom is 0.327 e. The summed E-state index contributed by atoms with van der Waals surface area (Å²) >= 11 is 0. The lowest BCUT2D eigenvalue weighted by molar-refractivity contribution is -0.151. The van der Waals surface area contributed by atoms with E-state index < -0.39 is 5.54 Å². The first-order valence-electron chi connectivity index (χ1n) is 7.68. The zero-order valence-electron chi connectivity index (χ0n) is 13.4. The smallest absolute Gasteiger partial charge is 0.327 e. The van der Waals surface area contributed by atoms with Crippen LogP contribution in [0.2, 0.25) is 0 Å². The van der Waals surface area contributed by atoms with Gasteiger partial charge in [0.1, 0.15) is 5.54 Å². The van der Waals surface area contributed by atoms with E-state index in [1.54, 1.807) is 0 Å². The minimum absolute atomic E-state index is 0.138. The van der Waals surface area contributed by atoms with Crippen LogP contribution in [0, 0.1) is 0 Å². The van der Waals surface area contributed by atoms with Crippen LogP contribution < -0.4 is 5.32 Å². The Morgan fingerprint density at radius 2 is 1.68 bits per heavy atom. The first kappa shape index (κ1) is 18.4. The molecule has 4 heteroatoms. The SMILES string of the molecule is CCCNC(C)(CN(CCC)CCC)C(=O)OCC. The van der Waals surface area contributed by atoms with Crippen molar-refractivity contribution in [3.05, 3.63) is 0 Å². The van der Waals surface area contributed by atoms with E-state index >= 15 is 0 Å². The van der Waals surface area contributed by atoms with Crippen LogP contribution in [0.4, 0.5) is 0 Å². The van der Waals surface area contributed by atoms with Crippen molar-refractivity contribution >= 4 is 5.97 Å². The van der Waals surface area contributed by atoms with E-state index in [1.807, 2.05) is 13.8 Å². The van der Waals surface area contributed by atoms with E-state index in [1.165, 1.54) is 0 Å². The van der Waals surface area contributed by atoms with Crippen LogP contribution in [0.15, 0.2) is 0 Å². The average Bonchev–Trinajstić information content (AvgIpc) is 2.37. The fraction of sp³-hybridized carbons (Fsp3) is 0.933. The molecule has 0 saturated heterocycles. The molecule has 1 N–H and O–H groups in total. The second-order valence-electron chi connectivity index (χ2n) is 5.26. The van der Waals surface area contributed by atoms with Crippen molar-refractivity contribution in [1.29, 1.82) is 0 Å². The lowest BCUT2D eigenvalue weighted by Crippen LogP contribution is -2.58. The summed E-state index contributed by atoms with van der Waals surface area (Å²) in [5.74, 6) is -0.138. The summed E-state index contributed by atoms with van der Waals surface area (Å²) in [5, 5.41) is 3.36. The third kappa shape index (κ3) is 6.92. The van der Waals surface area contributed by atoms with E-state index in [0.717, 1.165) is 38.9 Å².